The van der Waals surface area contributed by atoms with E-state index < -0.39 is 0 Å². The fraction of sp³-hybridized carbons (Fsp3) is 0.439. The van der Waals surface area contributed by atoms with Crippen molar-refractivity contribution in [1.82, 2.24) is 30.2 Å². The monoisotopic (exact) mass is 757 g/mol. The van der Waals surface area contributed by atoms with Gasteiger partial charge >= 0.3 is 12.1 Å². The van der Waals surface area contributed by atoms with Gasteiger partial charge in [0.15, 0.2) is 0 Å². The maximum absolute atomic E-state index is 13.0. The van der Waals surface area contributed by atoms with Crippen molar-refractivity contribution in [1.29, 1.82) is 5.26 Å². The molecular weight excluding hydrogens is 707 g/mol. The Bertz CT molecular complexity index is 2070. The second-order valence-electron chi connectivity index (χ2n) is 14.9. The number of urea groups is 2. The lowest BCUT2D eigenvalue weighted by atomic mass is 10.1. The molecule has 4 aliphatic heterocycles. The number of piperidine rings is 2. The van der Waals surface area contributed by atoms with Gasteiger partial charge in [-0.25, -0.2) is 19.6 Å². The van der Waals surface area contributed by atoms with Gasteiger partial charge in [-0.3, -0.25) is 19.6 Å². The quantitative estimate of drug-likeness (QED) is 0.203. The van der Waals surface area contributed by atoms with Crippen LogP contribution < -0.4 is 35.6 Å². The van der Waals surface area contributed by atoms with Crippen LogP contribution in [0.25, 0.3) is 0 Å². The normalized spacial score (nSPS) is 17.8. The Balaban J connectivity index is 0.000000173. The number of rotatable bonds is 8. The van der Waals surface area contributed by atoms with E-state index in [1.807, 2.05) is 74.8 Å². The zero-order chi connectivity index (χ0) is 39.2. The minimum absolute atomic E-state index is 0.0710. The van der Waals surface area contributed by atoms with Crippen molar-refractivity contribution in [2.45, 2.75) is 71.1 Å². The lowest BCUT2D eigenvalue weighted by molar-refractivity contribution is 0.223. The van der Waals surface area contributed by atoms with Crippen LogP contribution in [0.5, 0.6) is 0 Å². The smallest absolute Gasteiger partial charge is 0.330 e. The molecule has 56 heavy (non-hydrogen) atoms. The van der Waals surface area contributed by atoms with Gasteiger partial charge in [-0.1, -0.05) is 36.4 Å². The van der Waals surface area contributed by atoms with Crippen LogP contribution in [0.4, 0.5) is 44.5 Å². The third-order valence-electron chi connectivity index (χ3n) is 11.0. The van der Waals surface area contributed by atoms with Gasteiger partial charge in [-0.2, -0.15) is 15.2 Å². The van der Waals surface area contributed by atoms with Crippen LogP contribution in [0.3, 0.4) is 0 Å². The highest BCUT2D eigenvalue weighted by Crippen LogP contribution is 2.33. The van der Waals surface area contributed by atoms with Gasteiger partial charge in [0.25, 0.3) is 0 Å². The molecule has 0 radical (unpaired) electrons. The molecule has 0 atom stereocenters. The molecule has 4 amide bonds. The third kappa shape index (κ3) is 8.51. The van der Waals surface area contributed by atoms with Crippen molar-refractivity contribution in [3.8, 4) is 6.07 Å². The molecule has 15 nitrogen and oxygen atoms in total. The molecule has 2 aromatic carbocycles. The second-order valence-corrected chi connectivity index (χ2v) is 14.9. The van der Waals surface area contributed by atoms with Crippen LogP contribution in [0.2, 0.25) is 0 Å². The highest BCUT2D eigenvalue weighted by Gasteiger charge is 2.33. The van der Waals surface area contributed by atoms with Crippen molar-refractivity contribution >= 4 is 47.0 Å². The number of aromatic nitrogens is 4. The molecule has 0 spiro atoms. The number of hydrogen-bond acceptors (Lipinski definition) is 11. The summed E-state index contributed by atoms with van der Waals surface area (Å²) < 4.78 is 0. The number of nitrogens with one attached hydrogen (secondary N) is 3. The minimum Gasteiger partial charge on any atom is -0.351 e. The lowest BCUT2D eigenvalue weighted by Crippen LogP contribution is -2.46. The van der Waals surface area contributed by atoms with Gasteiger partial charge in [-0.05, 0) is 75.9 Å². The fourth-order valence-electron chi connectivity index (χ4n) is 7.71. The lowest BCUT2D eigenvalue weighted by Gasteiger charge is -2.35. The summed E-state index contributed by atoms with van der Waals surface area (Å²) in [5.74, 6) is 2.51. The molecule has 292 valence electrons. The van der Waals surface area contributed by atoms with Crippen LogP contribution in [-0.2, 0) is 13.1 Å². The van der Waals surface area contributed by atoms with Crippen molar-refractivity contribution < 1.29 is 9.59 Å². The maximum atomic E-state index is 13.0. The van der Waals surface area contributed by atoms with Crippen molar-refractivity contribution in [2.24, 2.45) is 0 Å². The Labute approximate surface area is 328 Å². The minimum atomic E-state index is -0.0905. The van der Waals surface area contributed by atoms with Gasteiger partial charge in [0, 0.05) is 87.1 Å². The largest absolute Gasteiger partial charge is 0.351 e. The van der Waals surface area contributed by atoms with E-state index in [0.29, 0.717) is 55.1 Å². The highest BCUT2D eigenvalue weighted by molar-refractivity contribution is 6.06. The molecule has 0 bridgehead atoms. The summed E-state index contributed by atoms with van der Waals surface area (Å²) in [6, 6.07) is 18.5. The SMILES string of the molecule is Cc1ccccc1N1Cc2cnc(NC3CCN(CCC#N)CC3)nc2N(C)C1=O.Cc1ccccc1N1Cc2cnc(NC3CCNCC3)nc2N(C)C1=O. The number of carbonyl (C=O) groups is 2. The van der Waals surface area contributed by atoms with E-state index in [9.17, 15) is 9.59 Å². The Hall–Kier alpha value is -5.85. The predicted molar refractivity (Wildman–Crippen MR) is 219 cm³/mol. The molecule has 6 heterocycles. The number of hydrogen-bond donors (Lipinski definition) is 3. The van der Waals surface area contributed by atoms with Crippen molar-refractivity contribution in [3.63, 3.8) is 0 Å². The number of aryl methyl sites for hydroxylation is 2. The highest BCUT2D eigenvalue weighted by atomic mass is 16.2. The first-order valence-corrected chi connectivity index (χ1v) is 19.5. The van der Waals surface area contributed by atoms with E-state index in [4.69, 9.17) is 5.26 Å². The average molecular weight is 758 g/mol. The van der Waals surface area contributed by atoms with Crippen LogP contribution in [0.1, 0.15) is 54.4 Å². The zero-order valence-electron chi connectivity index (χ0n) is 32.7. The molecule has 2 saturated heterocycles. The Kier molecular flexibility index (Phi) is 11.9. The molecule has 2 fully saturated rings. The molecule has 4 aromatic rings. The van der Waals surface area contributed by atoms with E-state index in [1.165, 1.54) is 0 Å². The number of anilines is 6. The molecule has 3 N–H and O–H groups in total. The fourth-order valence-corrected chi connectivity index (χ4v) is 7.71. The summed E-state index contributed by atoms with van der Waals surface area (Å²) in [6.07, 6.45) is 8.31. The topological polar surface area (TPSA) is 162 Å². The molecule has 0 saturated carbocycles. The summed E-state index contributed by atoms with van der Waals surface area (Å²) in [6.45, 7) is 9.75. The molecular formula is C41H51N13O2. The number of carbonyl (C=O) groups excluding carboxylic acids is 2. The van der Waals surface area contributed by atoms with Crippen LogP contribution in [0.15, 0.2) is 60.9 Å². The molecule has 4 aliphatic rings. The summed E-state index contributed by atoms with van der Waals surface area (Å²) in [4.78, 5) is 53.3. The van der Waals surface area contributed by atoms with Crippen molar-refractivity contribution in [2.75, 3.05) is 77.1 Å². The van der Waals surface area contributed by atoms with Crippen LogP contribution in [-0.4, -0.2) is 95.8 Å². The van der Waals surface area contributed by atoms with Gasteiger partial charge in [0.2, 0.25) is 11.9 Å². The summed E-state index contributed by atoms with van der Waals surface area (Å²) in [5, 5.41) is 18.9. The van der Waals surface area contributed by atoms with Crippen molar-refractivity contribution in [3.05, 3.63) is 83.2 Å². The average Bonchev–Trinajstić information content (AvgIpc) is 3.22. The second kappa shape index (κ2) is 17.3. The first-order chi connectivity index (χ1) is 27.2. The number of fused-ring (bicyclic) bond motifs is 2. The van der Waals surface area contributed by atoms with E-state index in [-0.39, 0.29) is 12.1 Å². The number of para-hydroxylation sites is 2. The van der Waals surface area contributed by atoms with E-state index in [0.717, 1.165) is 92.0 Å². The molecule has 2 aromatic heterocycles. The molecule has 15 heteroatoms. The first-order valence-electron chi connectivity index (χ1n) is 19.5. The number of benzene rings is 2. The van der Waals surface area contributed by atoms with Gasteiger partial charge in [0.05, 0.1) is 19.2 Å². The Morgan fingerprint density at radius 1 is 0.732 bits per heavy atom. The maximum Gasteiger partial charge on any atom is 0.330 e. The molecule has 0 unspecified atom stereocenters. The summed E-state index contributed by atoms with van der Waals surface area (Å²) in [7, 11) is 3.53. The van der Waals surface area contributed by atoms with Gasteiger partial charge < -0.3 is 20.9 Å². The first kappa shape index (κ1) is 38.4. The zero-order valence-corrected chi connectivity index (χ0v) is 32.7. The van der Waals surface area contributed by atoms with E-state index in [1.54, 1.807) is 33.7 Å². The standard InChI is InChI=1S/C22H27N7O.C19H24N6O/c1-16-6-3-4-7-19(16)29-15-17-14-24-21(26-20(17)27(2)22(29)30)25-18-8-12-28(13-9-18)11-5-10-23;1-13-5-3-4-6-16(13)25-12-14-11-21-18(22-15-7-9-20-10-8-15)23-17(14)24(2)19(25)26/h3-4,6-7,14,18H,5,8-9,11-13,15H2,1-2H3,(H,24,25,26);3-6,11,15,20H,7-10,12H2,1-2H3,(H,21,22,23). The van der Waals surface area contributed by atoms with E-state index >= 15 is 0 Å². The van der Waals surface area contributed by atoms with Crippen LogP contribution in [0, 0.1) is 25.2 Å². The summed E-state index contributed by atoms with van der Waals surface area (Å²) in [5.41, 5.74) is 5.84. The number of nitriles is 1. The molecule has 0 aliphatic carbocycles. The van der Waals surface area contributed by atoms with Gasteiger partial charge in [-0.15, -0.1) is 0 Å². The van der Waals surface area contributed by atoms with Gasteiger partial charge in [0.1, 0.15) is 11.6 Å². The third-order valence-corrected chi connectivity index (χ3v) is 11.0. The number of amides is 4. The predicted octanol–water partition coefficient (Wildman–Crippen LogP) is 5.68. The Morgan fingerprint density at radius 3 is 1.66 bits per heavy atom. The number of nitrogens with zero attached hydrogens (tertiary/aromatic N) is 10. The summed E-state index contributed by atoms with van der Waals surface area (Å²) >= 11 is 0. The Morgan fingerprint density at radius 2 is 1.20 bits per heavy atom. The number of likely N-dealkylation sites (tertiary alicyclic amines) is 1. The van der Waals surface area contributed by atoms with E-state index in [2.05, 4.69) is 46.9 Å². The molecule has 8 rings (SSSR count). The van der Waals surface area contributed by atoms with Crippen LogP contribution >= 0.6 is 0 Å².